The Morgan fingerprint density at radius 1 is 1.15 bits per heavy atom. The van der Waals surface area contributed by atoms with E-state index in [0.717, 1.165) is 31.2 Å². The monoisotopic (exact) mass is 373 g/mol. The van der Waals surface area contributed by atoms with E-state index in [0.29, 0.717) is 21.9 Å². The number of hydrogen-bond donors (Lipinski definition) is 1. The number of amides is 1. The highest BCUT2D eigenvalue weighted by molar-refractivity contribution is 7.17. The van der Waals surface area contributed by atoms with Crippen LogP contribution in [0.15, 0.2) is 24.3 Å². The molecule has 1 aliphatic rings. The second-order valence-electron chi connectivity index (χ2n) is 6.52. The third-order valence-electron chi connectivity index (χ3n) is 4.28. The van der Waals surface area contributed by atoms with Crippen molar-refractivity contribution in [3.63, 3.8) is 0 Å². The maximum absolute atomic E-state index is 12.9. The molecule has 5 nitrogen and oxygen atoms in total. The van der Waals surface area contributed by atoms with Crippen LogP contribution in [0.2, 0.25) is 0 Å². The van der Waals surface area contributed by atoms with Gasteiger partial charge in [-0.05, 0) is 57.2 Å². The zero-order valence-corrected chi connectivity index (χ0v) is 16.1. The van der Waals surface area contributed by atoms with Gasteiger partial charge < -0.3 is 14.8 Å². The molecule has 138 valence electrons. The number of aryl methyl sites for hydroxylation is 1. The number of benzene rings is 1. The van der Waals surface area contributed by atoms with Gasteiger partial charge in [-0.3, -0.25) is 4.79 Å². The Labute approximate surface area is 157 Å². The van der Waals surface area contributed by atoms with Crippen molar-refractivity contribution in [2.75, 3.05) is 12.4 Å². The van der Waals surface area contributed by atoms with E-state index in [1.807, 2.05) is 19.9 Å². The van der Waals surface area contributed by atoms with Crippen molar-refractivity contribution in [3.8, 4) is 5.75 Å². The Balaban J connectivity index is 1.93. The molecule has 0 saturated heterocycles. The standard InChI is InChI=1S/C20H23NO4S/c1-12(2)25-15-10-6-4-8-13(15)18(22)21-19-17(20(23)24-3)14-9-5-7-11-16(14)26-19/h4,6,8,10,12H,5,7,9,11H2,1-3H3,(H,21,22). The highest BCUT2D eigenvalue weighted by atomic mass is 32.1. The Bertz CT molecular complexity index is 825. The molecule has 0 aliphatic heterocycles. The maximum atomic E-state index is 12.9. The number of anilines is 1. The molecule has 0 atom stereocenters. The van der Waals surface area contributed by atoms with Crippen molar-refractivity contribution < 1.29 is 19.1 Å². The molecule has 26 heavy (non-hydrogen) atoms. The number of para-hydroxylation sites is 1. The number of nitrogens with one attached hydrogen (secondary N) is 1. The van der Waals surface area contributed by atoms with E-state index < -0.39 is 5.97 Å². The predicted molar refractivity (Wildman–Crippen MR) is 102 cm³/mol. The van der Waals surface area contributed by atoms with Crippen LogP contribution in [-0.4, -0.2) is 25.1 Å². The van der Waals surface area contributed by atoms with Gasteiger partial charge in [-0.1, -0.05) is 12.1 Å². The van der Waals surface area contributed by atoms with Crippen molar-refractivity contribution in [2.24, 2.45) is 0 Å². The highest BCUT2D eigenvalue weighted by Gasteiger charge is 2.27. The molecular formula is C20H23NO4S. The van der Waals surface area contributed by atoms with Crippen LogP contribution in [0.25, 0.3) is 0 Å². The van der Waals surface area contributed by atoms with Gasteiger partial charge in [0, 0.05) is 4.88 Å². The summed E-state index contributed by atoms with van der Waals surface area (Å²) in [6, 6.07) is 7.12. The number of thiophene rings is 1. The van der Waals surface area contributed by atoms with Crippen LogP contribution in [0.3, 0.4) is 0 Å². The fourth-order valence-electron chi connectivity index (χ4n) is 3.15. The molecule has 1 aliphatic carbocycles. The van der Waals surface area contributed by atoms with Gasteiger partial charge in [0.2, 0.25) is 0 Å². The minimum Gasteiger partial charge on any atom is -0.490 e. The molecule has 1 aromatic heterocycles. The summed E-state index contributed by atoms with van der Waals surface area (Å²) < 4.78 is 10.7. The van der Waals surface area contributed by atoms with Crippen LogP contribution in [0.5, 0.6) is 5.75 Å². The van der Waals surface area contributed by atoms with Crippen molar-refractivity contribution in [1.29, 1.82) is 0 Å². The van der Waals surface area contributed by atoms with Gasteiger partial charge in [0.25, 0.3) is 5.91 Å². The molecule has 1 aromatic carbocycles. The number of methoxy groups -OCH3 is 1. The largest absolute Gasteiger partial charge is 0.490 e. The van der Waals surface area contributed by atoms with Gasteiger partial charge in [-0.15, -0.1) is 11.3 Å². The Kier molecular flexibility index (Phi) is 5.61. The van der Waals surface area contributed by atoms with Gasteiger partial charge in [0.1, 0.15) is 10.8 Å². The first-order valence-corrected chi connectivity index (χ1v) is 9.62. The van der Waals surface area contributed by atoms with Crippen LogP contribution >= 0.6 is 11.3 Å². The lowest BCUT2D eigenvalue weighted by Gasteiger charge is -2.14. The average molecular weight is 373 g/mol. The Morgan fingerprint density at radius 3 is 2.62 bits per heavy atom. The van der Waals surface area contributed by atoms with E-state index in [2.05, 4.69) is 5.32 Å². The summed E-state index contributed by atoms with van der Waals surface area (Å²) in [6.45, 7) is 3.83. The number of fused-ring (bicyclic) bond motifs is 1. The van der Waals surface area contributed by atoms with Gasteiger partial charge in [-0.2, -0.15) is 0 Å². The summed E-state index contributed by atoms with van der Waals surface area (Å²) >= 11 is 1.47. The second-order valence-corrected chi connectivity index (χ2v) is 7.63. The van der Waals surface area contributed by atoms with Crippen molar-refractivity contribution >= 4 is 28.2 Å². The van der Waals surface area contributed by atoms with Gasteiger partial charge in [-0.25, -0.2) is 4.79 Å². The zero-order valence-electron chi connectivity index (χ0n) is 15.3. The summed E-state index contributed by atoms with van der Waals surface area (Å²) in [5, 5.41) is 3.47. The minimum absolute atomic E-state index is 0.0383. The molecule has 0 saturated carbocycles. The lowest BCUT2D eigenvalue weighted by molar-refractivity contribution is 0.0601. The van der Waals surface area contributed by atoms with Gasteiger partial charge in [0.05, 0.1) is 24.3 Å². The maximum Gasteiger partial charge on any atom is 0.341 e. The molecule has 0 spiro atoms. The molecular weight excluding hydrogens is 350 g/mol. The fourth-order valence-corrected chi connectivity index (χ4v) is 4.43. The average Bonchev–Trinajstić information content (AvgIpc) is 2.98. The number of carbonyl (C=O) groups excluding carboxylic acids is 2. The fraction of sp³-hybridized carbons (Fsp3) is 0.400. The summed E-state index contributed by atoms with van der Waals surface area (Å²) in [6.07, 6.45) is 3.90. The third kappa shape index (κ3) is 3.75. The van der Waals surface area contributed by atoms with Gasteiger partial charge in [0.15, 0.2) is 0 Å². The topological polar surface area (TPSA) is 64.6 Å². The molecule has 3 rings (SSSR count). The number of carbonyl (C=O) groups is 2. The summed E-state index contributed by atoms with van der Waals surface area (Å²) in [5.74, 6) is -0.155. The first-order chi connectivity index (χ1) is 12.5. The first kappa shape index (κ1) is 18.5. The molecule has 1 amide bonds. The molecule has 0 fully saturated rings. The Morgan fingerprint density at radius 2 is 1.88 bits per heavy atom. The van der Waals surface area contributed by atoms with E-state index in [4.69, 9.17) is 9.47 Å². The molecule has 6 heteroatoms. The van der Waals surface area contributed by atoms with Crippen molar-refractivity contribution in [1.82, 2.24) is 0 Å². The van der Waals surface area contributed by atoms with Crippen LogP contribution in [0.4, 0.5) is 5.00 Å². The normalized spacial score (nSPS) is 13.2. The predicted octanol–water partition coefficient (Wildman–Crippen LogP) is 4.45. The summed E-state index contributed by atoms with van der Waals surface area (Å²) in [7, 11) is 1.37. The van der Waals surface area contributed by atoms with E-state index in [1.54, 1.807) is 18.2 Å². The molecule has 1 heterocycles. The lowest BCUT2D eigenvalue weighted by Crippen LogP contribution is -2.17. The quantitative estimate of drug-likeness (QED) is 0.786. The zero-order chi connectivity index (χ0) is 18.7. The third-order valence-corrected chi connectivity index (χ3v) is 5.49. The Hall–Kier alpha value is -2.34. The lowest BCUT2D eigenvalue weighted by atomic mass is 9.95. The van der Waals surface area contributed by atoms with Crippen molar-refractivity contribution in [3.05, 3.63) is 45.8 Å². The number of ether oxygens (including phenoxy) is 2. The number of esters is 1. The van der Waals surface area contributed by atoms with Crippen LogP contribution in [0, 0.1) is 0 Å². The molecule has 1 N–H and O–H groups in total. The van der Waals surface area contributed by atoms with Gasteiger partial charge >= 0.3 is 5.97 Å². The van der Waals surface area contributed by atoms with E-state index in [9.17, 15) is 9.59 Å². The molecule has 0 radical (unpaired) electrons. The van der Waals surface area contributed by atoms with Crippen LogP contribution in [-0.2, 0) is 17.6 Å². The highest BCUT2D eigenvalue weighted by Crippen LogP contribution is 2.39. The van der Waals surface area contributed by atoms with Crippen LogP contribution < -0.4 is 10.1 Å². The molecule has 2 aromatic rings. The van der Waals surface area contributed by atoms with E-state index in [1.165, 1.54) is 23.3 Å². The minimum atomic E-state index is -0.397. The van der Waals surface area contributed by atoms with E-state index in [-0.39, 0.29) is 12.0 Å². The second kappa shape index (κ2) is 7.91. The molecule has 0 unspecified atom stereocenters. The number of hydrogen-bond acceptors (Lipinski definition) is 5. The van der Waals surface area contributed by atoms with Crippen molar-refractivity contribution in [2.45, 2.75) is 45.6 Å². The molecule has 0 bridgehead atoms. The number of rotatable bonds is 5. The van der Waals surface area contributed by atoms with E-state index >= 15 is 0 Å². The summed E-state index contributed by atoms with van der Waals surface area (Å²) in [5.41, 5.74) is 1.97. The van der Waals surface area contributed by atoms with Crippen LogP contribution in [0.1, 0.15) is 57.8 Å². The first-order valence-electron chi connectivity index (χ1n) is 8.81. The smallest absolute Gasteiger partial charge is 0.341 e. The SMILES string of the molecule is COC(=O)c1c(NC(=O)c2ccccc2OC(C)C)sc2c1CCCC2. The summed E-state index contributed by atoms with van der Waals surface area (Å²) in [4.78, 5) is 26.3.